The van der Waals surface area contributed by atoms with Crippen LogP contribution >= 0.6 is 0 Å². The van der Waals surface area contributed by atoms with E-state index in [9.17, 15) is 0 Å². The van der Waals surface area contributed by atoms with Gasteiger partial charge in [-0.2, -0.15) is 5.26 Å². The van der Waals surface area contributed by atoms with Crippen molar-refractivity contribution in [1.82, 2.24) is 4.98 Å². The molecule has 0 aromatic carbocycles. The second-order valence-electron chi connectivity index (χ2n) is 6.24. The first-order valence-corrected chi connectivity index (χ1v) is 6.95. The van der Waals surface area contributed by atoms with Crippen molar-refractivity contribution in [3.63, 3.8) is 0 Å². The van der Waals surface area contributed by atoms with Gasteiger partial charge in [0.05, 0.1) is 22.9 Å². The van der Waals surface area contributed by atoms with Crippen LogP contribution in [0.15, 0.2) is 12.3 Å². The molecule has 0 spiro atoms. The average molecular weight is 272 g/mol. The van der Waals surface area contributed by atoms with Crippen LogP contribution in [0.1, 0.15) is 45.2 Å². The van der Waals surface area contributed by atoms with Crippen molar-refractivity contribution in [2.45, 2.75) is 58.7 Å². The van der Waals surface area contributed by atoms with Crippen molar-refractivity contribution in [1.29, 1.82) is 5.26 Å². The summed E-state index contributed by atoms with van der Waals surface area (Å²) >= 11 is 0. The van der Waals surface area contributed by atoms with Crippen molar-refractivity contribution < 1.29 is 9.31 Å². The Balaban J connectivity index is 2.35. The molecule has 0 N–H and O–H groups in total. The normalized spacial score (nSPS) is 19.9. The Morgan fingerprint density at radius 3 is 2.40 bits per heavy atom. The van der Waals surface area contributed by atoms with Gasteiger partial charge in [-0.3, -0.25) is 4.98 Å². The number of nitrogens with zero attached hydrogens (tertiary/aromatic N) is 2. The lowest BCUT2D eigenvalue weighted by molar-refractivity contribution is 0.00578. The first kappa shape index (κ1) is 15.0. The molecular formula is C15H21BN2O2. The summed E-state index contributed by atoms with van der Waals surface area (Å²) in [7, 11) is -0.464. The molecule has 106 valence electrons. The van der Waals surface area contributed by atoms with Crippen LogP contribution in [-0.4, -0.2) is 23.3 Å². The molecule has 4 nitrogen and oxygen atoms in total. The van der Waals surface area contributed by atoms with E-state index in [-0.39, 0.29) is 11.2 Å². The minimum atomic E-state index is -0.464. The quantitative estimate of drug-likeness (QED) is 0.791. The van der Waals surface area contributed by atoms with Crippen molar-refractivity contribution in [3.8, 4) is 6.07 Å². The fraction of sp³-hybridized carbons (Fsp3) is 0.600. The molecule has 1 saturated heterocycles. The van der Waals surface area contributed by atoms with Gasteiger partial charge in [0.1, 0.15) is 0 Å². The fourth-order valence-electron chi connectivity index (χ4n) is 2.27. The van der Waals surface area contributed by atoms with Crippen LogP contribution in [0.4, 0.5) is 0 Å². The summed E-state index contributed by atoms with van der Waals surface area (Å²) in [6.07, 6.45) is 2.92. The monoisotopic (exact) mass is 272 g/mol. The molecule has 0 radical (unpaired) electrons. The van der Waals surface area contributed by atoms with Crippen molar-refractivity contribution in [2.75, 3.05) is 0 Å². The van der Waals surface area contributed by atoms with Gasteiger partial charge < -0.3 is 9.31 Å². The second-order valence-corrected chi connectivity index (χ2v) is 6.24. The molecule has 1 aromatic rings. The maximum absolute atomic E-state index is 8.81. The Kier molecular flexibility index (Phi) is 3.90. The van der Waals surface area contributed by atoms with E-state index in [0.717, 1.165) is 16.7 Å². The molecule has 20 heavy (non-hydrogen) atoms. The Labute approximate surface area is 121 Å². The van der Waals surface area contributed by atoms with Gasteiger partial charge in [-0.05, 0) is 58.2 Å². The third-order valence-electron chi connectivity index (χ3n) is 4.29. The highest BCUT2D eigenvalue weighted by Gasteiger charge is 2.52. The van der Waals surface area contributed by atoms with E-state index in [1.807, 2.05) is 40.7 Å². The van der Waals surface area contributed by atoms with Gasteiger partial charge in [-0.15, -0.1) is 0 Å². The SMILES string of the molecule is Cc1ccnc(B2OC(C)(C)C(C)(C)O2)c1CCC#N. The van der Waals surface area contributed by atoms with Crippen LogP contribution in [0.5, 0.6) is 0 Å². The highest BCUT2D eigenvalue weighted by Crippen LogP contribution is 2.36. The van der Waals surface area contributed by atoms with Gasteiger partial charge in [0, 0.05) is 12.6 Å². The Morgan fingerprint density at radius 2 is 1.85 bits per heavy atom. The molecule has 0 bridgehead atoms. The van der Waals surface area contributed by atoms with E-state index < -0.39 is 7.12 Å². The van der Waals surface area contributed by atoms with Crippen LogP contribution in [0.25, 0.3) is 0 Å². The van der Waals surface area contributed by atoms with Crippen LogP contribution < -0.4 is 5.59 Å². The Hall–Kier alpha value is -1.38. The number of hydrogen-bond donors (Lipinski definition) is 0. The van der Waals surface area contributed by atoms with E-state index in [1.165, 1.54) is 0 Å². The van der Waals surface area contributed by atoms with Gasteiger partial charge in [-0.25, -0.2) is 0 Å². The van der Waals surface area contributed by atoms with Crippen LogP contribution in [0.3, 0.4) is 0 Å². The molecule has 1 aliphatic rings. The van der Waals surface area contributed by atoms with Gasteiger partial charge in [0.2, 0.25) is 0 Å². The molecule has 0 aliphatic carbocycles. The molecule has 2 rings (SSSR count). The van der Waals surface area contributed by atoms with Gasteiger partial charge in [0.25, 0.3) is 0 Å². The van der Waals surface area contributed by atoms with Crippen molar-refractivity contribution >= 4 is 12.7 Å². The lowest BCUT2D eigenvalue weighted by atomic mass is 9.78. The molecule has 0 atom stereocenters. The summed E-state index contributed by atoms with van der Waals surface area (Å²) in [5.41, 5.74) is 2.23. The summed E-state index contributed by atoms with van der Waals surface area (Å²) in [6, 6.07) is 4.14. The zero-order valence-corrected chi connectivity index (χ0v) is 12.9. The van der Waals surface area contributed by atoms with Crippen molar-refractivity contribution in [2.24, 2.45) is 0 Å². The molecule has 2 heterocycles. The maximum Gasteiger partial charge on any atom is 0.514 e. The minimum absolute atomic E-state index is 0.379. The van der Waals surface area contributed by atoms with Gasteiger partial charge in [0.15, 0.2) is 0 Å². The fourth-order valence-corrected chi connectivity index (χ4v) is 2.27. The maximum atomic E-state index is 8.81. The minimum Gasteiger partial charge on any atom is -0.398 e. The Bertz CT molecular complexity index is 533. The van der Waals surface area contributed by atoms with Gasteiger partial charge in [-0.1, -0.05) is 0 Å². The number of nitriles is 1. The second kappa shape index (κ2) is 5.19. The number of aromatic nitrogens is 1. The predicted molar refractivity (Wildman–Crippen MR) is 78.6 cm³/mol. The summed E-state index contributed by atoms with van der Waals surface area (Å²) in [4.78, 5) is 4.45. The van der Waals surface area contributed by atoms with Crippen LogP contribution in [0.2, 0.25) is 0 Å². The van der Waals surface area contributed by atoms with Crippen molar-refractivity contribution in [3.05, 3.63) is 23.4 Å². The summed E-state index contributed by atoms with van der Waals surface area (Å²) in [6.45, 7) is 10.1. The zero-order valence-electron chi connectivity index (χ0n) is 12.9. The largest absolute Gasteiger partial charge is 0.514 e. The van der Waals surface area contributed by atoms with E-state index >= 15 is 0 Å². The lowest BCUT2D eigenvalue weighted by Gasteiger charge is -2.32. The third kappa shape index (κ3) is 2.58. The molecule has 0 unspecified atom stereocenters. The molecule has 0 amide bonds. The molecule has 1 aromatic heterocycles. The summed E-state index contributed by atoms with van der Waals surface area (Å²) < 4.78 is 12.1. The highest BCUT2D eigenvalue weighted by molar-refractivity contribution is 6.61. The molecule has 0 saturated carbocycles. The lowest BCUT2D eigenvalue weighted by Crippen LogP contribution is -2.41. The predicted octanol–water partition coefficient (Wildman–Crippen LogP) is 2.15. The van der Waals surface area contributed by atoms with E-state index in [2.05, 4.69) is 11.1 Å². The smallest absolute Gasteiger partial charge is 0.398 e. The number of aryl methyl sites for hydroxylation is 1. The first-order valence-electron chi connectivity index (χ1n) is 6.95. The molecule has 1 aliphatic heterocycles. The first-order chi connectivity index (χ1) is 9.28. The summed E-state index contributed by atoms with van der Waals surface area (Å²) in [5.74, 6) is 0. The van der Waals surface area contributed by atoms with E-state index in [4.69, 9.17) is 14.6 Å². The highest BCUT2D eigenvalue weighted by atomic mass is 16.7. The van der Waals surface area contributed by atoms with E-state index in [1.54, 1.807) is 6.20 Å². The van der Waals surface area contributed by atoms with Crippen LogP contribution in [-0.2, 0) is 15.7 Å². The average Bonchev–Trinajstić information content (AvgIpc) is 2.56. The molecule has 5 heteroatoms. The zero-order chi connectivity index (χ0) is 15.0. The molecular weight excluding hydrogens is 251 g/mol. The Morgan fingerprint density at radius 1 is 1.25 bits per heavy atom. The topological polar surface area (TPSA) is 55.1 Å². The van der Waals surface area contributed by atoms with Crippen LogP contribution in [0, 0.1) is 18.3 Å². The van der Waals surface area contributed by atoms with Gasteiger partial charge >= 0.3 is 7.12 Å². The number of hydrogen-bond acceptors (Lipinski definition) is 4. The number of rotatable bonds is 3. The number of pyridine rings is 1. The van der Waals surface area contributed by atoms with E-state index in [0.29, 0.717) is 12.8 Å². The standard InChI is InChI=1S/C15H21BN2O2/c1-11-8-10-18-13(12(11)7-6-9-17)16-19-14(2,3)15(4,5)20-16/h8,10H,6-7H2,1-5H3. The third-order valence-corrected chi connectivity index (χ3v) is 4.29. The molecule has 1 fully saturated rings. The summed E-state index contributed by atoms with van der Waals surface area (Å²) in [5, 5.41) is 8.81.